The fourth-order valence-corrected chi connectivity index (χ4v) is 2.93. The van der Waals surface area contributed by atoms with E-state index in [1.165, 1.54) is 5.92 Å². The summed E-state index contributed by atoms with van der Waals surface area (Å²) >= 11 is 0. The number of carboxylic acid groups (broad SMARTS) is 1. The standard InChI is InChI=1S/C20H22N5O3/c1-2-25(12-13-5-3-4-6-13)14-7-8-16-15(11-14)19(21)24-20(22-16)23-17(26)9-10-18(27)28/h3-8,11H,2,9-10,12H2,1H3,(H,27,28)(H3,21,22,23,24,26). The molecule has 1 fully saturated rings. The second kappa shape index (κ2) is 8.86. The maximum absolute atomic E-state index is 11.8. The molecule has 0 unspecified atom stereocenters. The van der Waals surface area contributed by atoms with Gasteiger partial charge in [0.25, 0.3) is 0 Å². The van der Waals surface area contributed by atoms with E-state index in [1.54, 1.807) is 0 Å². The predicted molar refractivity (Wildman–Crippen MR) is 108 cm³/mol. The molecule has 3 rings (SSSR count). The second-order valence-corrected chi connectivity index (χ2v) is 6.38. The van der Waals surface area contributed by atoms with Crippen molar-refractivity contribution in [3.8, 4) is 0 Å². The molecule has 1 amide bonds. The number of fused-ring (bicyclic) bond motifs is 1. The van der Waals surface area contributed by atoms with E-state index in [-0.39, 0.29) is 24.6 Å². The van der Waals surface area contributed by atoms with Crippen LogP contribution in [0.2, 0.25) is 0 Å². The fourth-order valence-electron chi connectivity index (χ4n) is 2.93. The molecule has 1 heterocycles. The molecule has 0 aliphatic heterocycles. The van der Waals surface area contributed by atoms with E-state index in [2.05, 4.69) is 40.0 Å². The fraction of sp³-hybridized carbons (Fsp3) is 0.250. The summed E-state index contributed by atoms with van der Waals surface area (Å²) in [4.78, 5) is 33.0. The lowest BCUT2D eigenvalue weighted by Crippen LogP contribution is -2.27. The predicted octanol–water partition coefficient (Wildman–Crippen LogP) is 2.25. The molecule has 0 saturated heterocycles. The molecule has 1 aliphatic rings. The maximum atomic E-state index is 11.8. The number of nitrogen functional groups attached to an aromatic ring is 1. The van der Waals surface area contributed by atoms with Gasteiger partial charge < -0.3 is 15.7 Å². The summed E-state index contributed by atoms with van der Waals surface area (Å²) < 4.78 is 0. The third-order valence-electron chi connectivity index (χ3n) is 4.38. The number of nitrogens with two attached hydrogens (primary N) is 1. The molecule has 0 atom stereocenters. The van der Waals surface area contributed by atoms with Crippen LogP contribution < -0.4 is 16.0 Å². The summed E-state index contributed by atoms with van der Waals surface area (Å²) in [5.41, 5.74) is 7.70. The second-order valence-electron chi connectivity index (χ2n) is 6.38. The number of rotatable bonds is 8. The lowest BCUT2D eigenvalue weighted by molar-refractivity contribution is -0.138. The third kappa shape index (κ3) is 4.88. The molecule has 2 aromatic rings. The van der Waals surface area contributed by atoms with Crippen molar-refractivity contribution in [3.63, 3.8) is 0 Å². The van der Waals surface area contributed by atoms with Gasteiger partial charge in [0.05, 0.1) is 11.9 Å². The molecule has 5 radical (unpaired) electrons. The highest BCUT2D eigenvalue weighted by Gasteiger charge is 2.20. The summed E-state index contributed by atoms with van der Waals surface area (Å²) in [6.07, 6.45) is 7.79. The number of nitrogens with zero attached hydrogens (tertiary/aromatic N) is 3. The van der Waals surface area contributed by atoms with Gasteiger partial charge in [-0.2, -0.15) is 4.98 Å². The number of anilines is 3. The number of hydrogen-bond acceptors (Lipinski definition) is 6. The highest BCUT2D eigenvalue weighted by Crippen LogP contribution is 2.29. The van der Waals surface area contributed by atoms with Crippen LogP contribution in [0.15, 0.2) is 18.2 Å². The zero-order chi connectivity index (χ0) is 20.1. The first-order valence-electron chi connectivity index (χ1n) is 9.00. The summed E-state index contributed by atoms with van der Waals surface area (Å²) in [6.45, 7) is 3.70. The maximum Gasteiger partial charge on any atom is 0.303 e. The first kappa shape index (κ1) is 19.9. The van der Waals surface area contributed by atoms with Crippen LogP contribution in [0.5, 0.6) is 0 Å². The van der Waals surface area contributed by atoms with E-state index in [1.807, 2.05) is 31.0 Å². The summed E-state index contributed by atoms with van der Waals surface area (Å²) in [5, 5.41) is 11.8. The molecule has 28 heavy (non-hydrogen) atoms. The van der Waals surface area contributed by atoms with E-state index in [9.17, 15) is 9.59 Å². The van der Waals surface area contributed by atoms with Gasteiger partial charge in [0, 0.05) is 36.5 Å². The number of carbonyl (C=O) groups is 2. The van der Waals surface area contributed by atoms with Crippen molar-refractivity contribution >= 4 is 40.2 Å². The molecule has 8 heteroatoms. The van der Waals surface area contributed by atoms with Gasteiger partial charge in [-0.1, -0.05) is 0 Å². The highest BCUT2D eigenvalue weighted by atomic mass is 16.4. The molecule has 1 aromatic heterocycles. The smallest absolute Gasteiger partial charge is 0.303 e. The molecule has 1 saturated carbocycles. The van der Waals surface area contributed by atoms with Gasteiger partial charge in [-0.15, -0.1) is 0 Å². The lowest BCUT2D eigenvalue weighted by Gasteiger charge is -2.26. The van der Waals surface area contributed by atoms with Crippen LogP contribution in [-0.2, 0) is 9.59 Å². The number of benzene rings is 1. The van der Waals surface area contributed by atoms with Gasteiger partial charge in [0.15, 0.2) is 0 Å². The Balaban J connectivity index is 1.77. The minimum atomic E-state index is -1.04. The third-order valence-corrected chi connectivity index (χ3v) is 4.38. The van der Waals surface area contributed by atoms with Crippen LogP contribution in [0.3, 0.4) is 0 Å². The number of aliphatic carboxylic acids is 1. The molecule has 1 aromatic carbocycles. The Morgan fingerprint density at radius 2 is 1.93 bits per heavy atom. The van der Waals surface area contributed by atoms with Gasteiger partial charge in [-0.25, -0.2) is 4.98 Å². The van der Waals surface area contributed by atoms with E-state index >= 15 is 0 Å². The Hall–Kier alpha value is -2.90. The van der Waals surface area contributed by atoms with E-state index in [0.717, 1.165) is 18.8 Å². The van der Waals surface area contributed by atoms with Crippen molar-refractivity contribution in [3.05, 3.63) is 49.8 Å². The Bertz CT molecular complexity index is 864. The molecule has 0 bridgehead atoms. The topological polar surface area (TPSA) is 121 Å². The molecular formula is C20H22N5O3. The number of hydrogen-bond donors (Lipinski definition) is 3. The Kier molecular flexibility index (Phi) is 6.28. The molecule has 1 aliphatic carbocycles. The van der Waals surface area contributed by atoms with Crippen LogP contribution >= 0.6 is 0 Å². The van der Waals surface area contributed by atoms with Crippen LogP contribution in [0, 0.1) is 31.6 Å². The summed E-state index contributed by atoms with van der Waals surface area (Å²) in [6, 6.07) is 5.73. The Morgan fingerprint density at radius 3 is 2.61 bits per heavy atom. The van der Waals surface area contributed by atoms with Gasteiger partial charge in [0.1, 0.15) is 5.82 Å². The van der Waals surface area contributed by atoms with E-state index in [0.29, 0.717) is 10.9 Å². The monoisotopic (exact) mass is 380 g/mol. The van der Waals surface area contributed by atoms with Gasteiger partial charge in [-0.3, -0.25) is 14.9 Å². The van der Waals surface area contributed by atoms with Gasteiger partial charge >= 0.3 is 5.97 Å². The van der Waals surface area contributed by atoms with E-state index < -0.39 is 11.9 Å². The van der Waals surface area contributed by atoms with Crippen LogP contribution in [-0.4, -0.2) is 40.0 Å². The molecule has 0 spiro atoms. The van der Waals surface area contributed by atoms with Gasteiger partial charge in [0.2, 0.25) is 11.9 Å². The minimum absolute atomic E-state index is 0.0669. The molecular weight excluding hydrogens is 358 g/mol. The van der Waals surface area contributed by atoms with Crippen molar-refractivity contribution in [1.29, 1.82) is 0 Å². The molecule has 145 valence electrons. The van der Waals surface area contributed by atoms with Crippen LogP contribution in [0.25, 0.3) is 10.9 Å². The van der Waals surface area contributed by atoms with Crippen molar-refractivity contribution in [2.24, 2.45) is 0 Å². The quantitative estimate of drug-likeness (QED) is 0.642. The minimum Gasteiger partial charge on any atom is -0.481 e. The van der Waals surface area contributed by atoms with Crippen molar-refractivity contribution < 1.29 is 14.7 Å². The number of aromatic nitrogens is 2. The first-order valence-corrected chi connectivity index (χ1v) is 9.00. The number of carboxylic acids is 1. The molecule has 4 N–H and O–H groups in total. The number of carbonyl (C=O) groups excluding carboxylic acids is 1. The lowest BCUT2D eigenvalue weighted by atomic mass is 10.1. The van der Waals surface area contributed by atoms with Crippen LogP contribution in [0.4, 0.5) is 17.5 Å². The summed E-state index contributed by atoms with van der Waals surface area (Å²) in [7, 11) is 0. The largest absolute Gasteiger partial charge is 0.481 e. The van der Waals surface area contributed by atoms with Crippen molar-refractivity contribution in [1.82, 2.24) is 9.97 Å². The average Bonchev–Trinajstić information content (AvgIpc) is 3.17. The van der Waals surface area contributed by atoms with Crippen molar-refractivity contribution in [2.45, 2.75) is 19.8 Å². The SMILES string of the molecule is CCN(C[C]1[CH][CH][CH][CH]1)c1ccc2nc(NC(=O)CCC(=O)O)nc(N)c2c1. The van der Waals surface area contributed by atoms with Crippen LogP contribution in [0.1, 0.15) is 19.8 Å². The van der Waals surface area contributed by atoms with Crippen molar-refractivity contribution in [2.75, 3.05) is 29.0 Å². The highest BCUT2D eigenvalue weighted by molar-refractivity contribution is 5.95. The zero-order valence-electron chi connectivity index (χ0n) is 15.6. The summed E-state index contributed by atoms with van der Waals surface area (Å²) in [5.74, 6) is 0.0427. The Morgan fingerprint density at radius 1 is 1.18 bits per heavy atom. The average molecular weight is 380 g/mol. The molecule has 8 nitrogen and oxygen atoms in total. The van der Waals surface area contributed by atoms with Gasteiger partial charge in [-0.05, 0) is 50.8 Å². The number of amides is 1. The Labute approximate surface area is 164 Å². The number of nitrogens with one attached hydrogen (secondary N) is 1. The van der Waals surface area contributed by atoms with E-state index in [4.69, 9.17) is 10.8 Å². The first-order chi connectivity index (χ1) is 13.5. The normalized spacial score (nSPS) is 14.3. The zero-order valence-corrected chi connectivity index (χ0v) is 15.6.